The largest absolute Gasteiger partial charge is 0.353 e. The van der Waals surface area contributed by atoms with E-state index in [2.05, 4.69) is 25.9 Å². The highest BCUT2D eigenvalue weighted by Gasteiger charge is 2.19. The van der Waals surface area contributed by atoms with Crippen LogP contribution in [0.1, 0.15) is 0 Å². The van der Waals surface area contributed by atoms with E-state index < -0.39 is 16.5 Å². The number of nitrogens with one attached hydrogen (secondary N) is 4. The standard InChI is InChI=1S/C21H14Cl2N6O4/c22-11-5-6-12(23)16(9-11)28-21(31)27-14-4-2-1-3-13(14)26-15-7-8-17(29(32)33)19-18(15)20(30)25-10-24-19/h1-10,26H,(H,24,25,30)(H2,27,28,31). The monoisotopic (exact) mass is 484 g/mol. The number of aromatic nitrogens is 2. The zero-order chi connectivity index (χ0) is 23.5. The van der Waals surface area contributed by atoms with Crippen molar-refractivity contribution < 1.29 is 9.72 Å². The topological polar surface area (TPSA) is 142 Å². The van der Waals surface area contributed by atoms with Crippen LogP contribution < -0.4 is 21.5 Å². The Bertz CT molecular complexity index is 1460. The number of nitro groups is 1. The molecule has 0 radical (unpaired) electrons. The van der Waals surface area contributed by atoms with Crippen LogP contribution in [0.4, 0.5) is 33.2 Å². The Morgan fingerprint density at radius 2 is 1.70 bits per heavy atom. The van der Waals surface area contributed by atoms with Crippen molar-refractivity contribution in [3.8, 4) is 0 Å². The van der Waals surface area contributed by atoms with E-state index in [-0.39, 0.29) is 22.3 Å². The molecular formula is C21H14Cl2N6O4. The first kappa shape index (κ1) is 22.1. The number of fused-ring (bicyclic) bond motifs is 1. The maximum absolute atomic E-state index is 12.5. The van der Waals surface area contributed by atoms with E-state index in [0.717, 1.165) is 6.33 Å². The van der Waals surface area contributed by atoms with Gasteiger partial charge in [-0.2, -0.15) is 0 Å². The number of H-pyrrole nitrogens is 1. The van der Waals surface area contributed by atoms with Gasteiger partial charge in [-0.1, -0.05) is 35.3 Å². The van der Waals surface area contributed by atoms with Crippen LogP contribution in [0.5, 0.6) is 0 Å². The molecule has 0 atom stereocenters. The molecule has 33 heavy (non-hydrogen) atoms. The number of anilines is 4. The van der Waals surface area contributed by atoms with Crippen molar-refractivity contribution in [1.82, 2.24) is 9.97 Å². The zero-order valence-corrected chi connectivity index (χ0v) is 18.1. The number of halogens is 2. The lowest BCUT2D eigenvalue weighted by atomic mass is 10.1. The van der Waals surface area contributed by atoms with E-state index in [0.29, 0.717) is 27.1 Å². The van der Waals surface area contributed by atoms with Gasteiger partial charge >= 0.3 is 6.03 Å². The van der Waals surface area contributed by atoms with Gasteiger partial charge in [0.15, 0.2) is 5.52 Å². The van der Waals surface area contributed by atoms with E-state index in [1.165, 1.54) is 18.2 Å². The molecule has 166 valence electrons. The van der Waals surface area contributed by atoms with E-state index in [1.54, 1.807) is 36.4 Å². The number of nitro benzene ring substituents is 1. The lowest BCUT2D eigenvalue weighted by molar-refractivity contribution is -0.383. The highest BCUT2D eigenvalue weighted by atomic mass is 35.5. The molecule has 2 amide bonds. The second-order valence-electron chi connectivity index (χ2n) is 6.72. The number of carbonyl (C=O) groups is 1. The average molecular weight is 485 g/mol. The highest BCUT2D eigenvalue weighted by molar-refractivity contribution is 6.35. The Morgan fingerprint density at radius 1 is 0.970 bits per heavy atom. The summed E-state index contributed by atoms with van der Waals surface area (Å²) in [6.07, 6.45) is 1.10. The molecule has 4 N–H and O–H groups in total. The van der Waals surface area contributed by atoms with E-state index in [4.69, 9.17) is 23.2 Å². The van der Waals surface area contributed by atoms with Crippen molar-refractivity contribution in [3.63, 3.8) is 0 Å². The third kappa shape index (κ3) is 4.71. The molecule has 0 aliphatic carbocycles. The highest BCUT2D eigenvalue weighted by Crippen LogP contribution is 2.32. The van der Waals surface area contributed by atoms with Crippen LogP contribution in [0.15, 0.2) is 65.7 Å². The van der Waals surface area contributed by atoms with E-state index in [9.17, 15) is 19.7 Å². The van der Waals surface area contributed by atoms with Crippen LogP contribution in [0.25, 0.3) is 10.9 Å². The maximum Gasteiger partial charge on any atom is 0.323 e. The number of carbonyl (C=O) groups excluding carboxylic acids is 1. The molecule has 4 rings (SSSR count). The summed E-state index contributed by atoms with van der Waals surface area (Å²) in [5, 5.41) is 20.4. The number of non-ortho nitro benzene ring substituents is 1. The SMILES string of the molecule is O=C(Nc1cc(Cl)ccc1Cl)Nc1ccccc1Nc1ccc([N+](=O)[O-])c2nc[nH]c(=O)c12. The van der Waals surface area contributed by atoms with Gasteiger partial charge in [0.2, 0.25) is 0 Å². The lowest BCUT2D eigenvalue weighted by Crippen LogP contribution is -2.20. The summed E-state index contributed by atoms with van der Waals surface area (Å²) in [5.41, 5.74) is 0.496. The minimum atomic E-state index is -0.612. The number of hydrogen-bond acceptors (Lipinski definition) is 6. The van der Waals surface area contributed by atoms with Crippen LogP contribution in [0, 0.1) is 10.1 Å². The molecule has 1 heterocycles. The molecule has 0 saturated heterocycles. The summed E-state index contributed by atoms with van der Waals surface area (Å²) in [6, 6.07) is 13.5. The second kappa shape index (κ2) is 9.15. The van der Waals surface area contributed by atoms with Crippen molar-refractivity contribution >= 4 is 68.6 Å². The number of para-hydroxylation sites is 2. The molecule has 0 aliphatic heterocycles. The van der Waals surface area contributed by atoms with Gasteiger partial charge in [-0.15, -0.1) is 0 Å². The van der Waals surface area contributed by atoms with Gasteiger partial charge in [0.05, 0.1) is 44.4 Å². The third-order valence-electron chi connectivity index (χ3n) is 4.59. The van der Waals surface area contributed by atoms with Gasteiger partial charge in [0.1, 0.15) is 0 Å². The smallest absolute Gasteiger partial charge is 0.323 e. The Kier molecular flexibility index (Phi) is 6.11. The summed E-state index contributed by atoms with van der Waals surface area (Å²) >= 11 is 12.0. The fourth-order valence-corrected chi connectivity index (χ4v) is 3.47. The first-order valence-electron chi connectivity index (χ1n) is 9.37. The summed E-state index contributed by atoms with van der Waals surface area (Å²) in [7, 11) is 0. The average Bonchev–Trinajstić information content (AvgIpc) is 2.77. The lowest BCUT2D eigenvalue weighted by Gasteiger charge is -2.15. The molecule has 0 saturated carbocycles. The normalized spacial score (nSPS) is 10.6. The summed E-state index contributed by atoms with van der Waals surface area (Å²) in [4.78, 5) is 42.1. The van der Waals surface area contributed by atoms with Crippen LogP contribution in [-0.2, 0) is 0 Å². The number of amides is 2. The molecule has 0 spiro atoms. The molecule has 10 nitrogen and oxygen atoms in total. The van der Waals surface area contributed by atoms with E-state index in [1.807, 2.05) is 0 Å². The predicted molar refractivity (Wildman–Crippen MR) is 128 cm³/mol. The van der Waals surface area contributed by atoms with Gasteiger partial charge in [-0.25, -0.2) is 9.78 Å². The maximum atomic E-state index is 12.5. The van der Waals surface area contributed by atoms with Gasteiger partial charge in [0, 0.05) is 11.1 Å². The van der Waals surface area contributed by atoms with Crippen LogP contribution >= 0.6 is 23.2 Å². The van der Waals surface area contributed by atoms with Crippen LogP contribution in [0.2, 0.25) is 10.0 Å². The van der Waals surface area contributed by atoms with Crippen molar-refractivity contribution in [2.45, 2.75) is 0 Å². The summed E-state index contributed by atoms with van der Waals surface area (Å²) in [5.74, 6) is 0. The number of nitrogens with zero attached hydrogens (tertiary/aromatic N) is 2. The molecule has 1 aromatic heterocycles. The van der Waals surface area contributed by atoms with Crippen LogP contribution in [0.3, 0.4) is 0 Å². The zero-order valence-electron chi connectivity index (χ0n) is 16.6. The number of benzene rings is 3. The Labute approximate surface area is 195 Å². The number of hydrogen-bond donors (Lipinski definition) is 4. The first-order chi connectivity index (χ1) is 15.8. The molecule has 0 aliphatic rings. The first-order valence-corrected chi connectivity index (χ1v) is 10.1. The van der Waals surface area contributed by atoms with Gasteiger partial charge in [0.25, 0.3) is 11.2 Å². The van der Waals surface area contributed by atoms with Gasteiger partial charge < -0.3 is 20.9 Å². The van der Waals surface area contributed by atoms with Crippen molar-refractivity contribution in [3.05, 3.63) is 91.4 Å². The Morgan fingerprint density at radius 3 is 2.45 bits per heavy atom. The van der Waals surface area contributed by atoms with E-state index >= 15 is 0 Å². The fraction of sp³-hybridized carbons (Fsp3) is 0. The molecule has 0 fully saturated rings. The Hall–Kier alpha value is -4.15. The minimum absolute atomic E-state index is 0.0108. The molecule has 0 unspecified atom stereocenters. The van der Waals surface area contributed by atoms with Crippen molar-refractivity contribution in [2.75, 3.05) is 16.0 Å². The quantitative estimate of drug-likeness (QED) is 0.216. The van der Waals surface area contributed by atoms with Gasteiger partial charge in [-0.3, -0.25) is 14.9 Å². The molecule has 3 aromatic carbocycles. The summed E-state index contributed by atoms with van der Waals surface area (Å²) in [6.45, 7) is 0. The predicted octanol–water partition coefficient (Wildman–Crippen LogP) is 5.53. The van der Waals surface area contributed by atoms with Crippen molar-refractivity contribution in [1.29, 1.82) is 0 Å². The van der Waals surface area contributed by atoms with Gasteiger partial charge in [-0.05, 0) is 36.4 Å². The second-order valence-corrected chi connectivity index (χ2v) is 7.56. The fourth-order valence-electron chi connectivity index (χ4n) is 3.14. The molecule has 4 aromatic rings. The Balaban J connectivity index is 1.65. The van der Waals surface area contributed by atoms with Crippen LogP contribution in [-0.4, -0.2) is 20.9 Å². The third-order valence-corrected chi connectivity index (χ3v) is 5.16. The minimum Gasteiger partial charge on any atom is -0.353 e. The number of urea groups is 1. The summed E-state index contributed by atoms with van der Waals surface area (Å²) < 4.78 is 0. The molecular weight excluding hydrogens is 471 g/mol. The number of rotatable bonds is 5. The molecule has 12 heteroatoms. The molecule has 0 bridgehead atoms. The van der Waals surface area contributed by atoms with Crippen molar-refractivity contribution in [2.24, 2.45) is 0 Å². The number of aromatic amines is 1.